The Kier molecular flexibility index (Phi) is 24.6. The molecule has 11 rings (SSSR count). The van der Waals surface area contributed by atoms with Crippen LogP contribution in [-0.4, -0.2) is 176 Å². The number of carboxylic acid groups (broad SMARTS) is 1. The Bertz CT molecular complexity index is 5060. The summed E-state index contributed by atoms with van der Waals surface area (Å²) in [7, 11) is -13.3. The molecule has 2 unspecified atom stereocenters. The van der Waals surface area contributed by atoms with Crippen LogP contribution in [0.1, 0.15) is 141 Å². The Morgan fingerprint density at radius 1 is 0.673 bits per heavy atom. The molecule has 6 aromatic carbocycles. The summed E-state index contributed by atoms with van der Waals surface area (Å²) < 4.78 is 134. The van der Waals surface area contributed by atoms with Gasteiger partial charge in [-0.3, -0.25) is 42.5 Å². The minimum Gasteiger partial charge on any atom is -0.507 e. The first-order chi connectivity index (χ1) is 52.2. The molecule has 0 saturated carbocycles. The van der Waals surface area contributed by atoms with Gasteiger partial charge in [-0.05, 0) is 161 Å². The number of anilines is 1. The number of rotatable bonds is 36. The van der Waals surface area contributed by atoms with Crippen LogP contribution in [0.4, 0.5) is 11.4 Å². The van der Waals surface area contributed by atoms with Gasteiger partial charge in [0, 0.05) is 97.1 Å². The van der Waals surface area contributed by atoms with E-state index in [1.807, 2.05) is 44.2 Å². The summed E-state index contributed by atoms with van der Waals surface area (Å²) in [5.74, 6) is -3.46. The van der Waals surface area contributed by atoms with Crippen molar-refractivity contribution in [1.29, 1.82) is 0 Å². The lowest BCUT2D eigenvalue weighted by Gasteiger charge is -2.39. The van der Waals surface area contributed by atoms with Gasteiger partial charge in [0.15, 0.2) is 11.3 Å². The summed E-state index contributed by atoms with van der Waals surface area (Å²) in [5.41, 5.74) is 3.94. The van der Waals surface area contributed by atoms with Crippen LogP contribution in [0.25, 0.3) is 0 Å². The molecule has 584 valence electrons. The van der Waals surface area contributed by atoms with Crippen LogP contribution in [0.5, 0.6) is 28.7 Å². The number of phenols is 2. The first kappa shape index (κ1) is 80.7. The molecule has 1 aliphatic carbocycles. The average molecular weight is 1570 g/mol. The van der Waals surface area contributed by atoms with Gasteiger partial charge in [-0.2, -0.15) is 29.8 Å². The number of aromatic hydroxyl groups is 2. The van der Waals surface area contributed by atoms with E-state index in [0.717, 1.165) is 28.1 Å². The predicted octanol–water partition coefficient (Wildman–Crippen LogP) is 9.20. The number of carboxylic acids is 1. The third-order valence-electron chi connectivity index (χ3n) is 20.6. The maximum Gasteiger partial charge on any atom is 0.340 e. The molecule has 5 aliphatic rings. The van der Waals surface area contributed by atoms with Gasteiger partial charge in [-0.1, -0.05) is 56.3 Å². The number of hydrogen-bond acceptors (Lipinski definition) is 22. The molecule has 0 radical (unpaired) electrons. The minimum absolute atomic E-state index is 0.00604. The Hall–Kier alpha value is -10.3. The molecule has 32 heteroatoms. The van der Waals surface area contributed by atoms with E-state index in [-0.39, 0.29) is 123 Å². The molecule has 110 heavy (non-hydrogen) atoms. The number of esters is 1. The molecule has 2 atom stereocenters. The van der Waals surface area contributed by atoms with Crippen LogP contribution < -0.4 is 25.0 Å². The Morgan fingerprint density at radius 2 is 1.29 bits per heavy atom. The normalized spacial score (nSPS) is 17.9. The highest BCUT2D eigenvalue weighted by Gasteiger charge is 2.55. The van der Waals surface area contributed by atoms with E-state index in [1.165, 1.54) is 70.5 Å². The number of benzene rings is 6. The summed E-state index contributed by atoms with van der Waals surface area (Å²) in [4.78, 5) is 80.0. The number of nitrogens with one attached hydrogen (secondary N) is 2. The van der Waals surface area contributed by atoms with Gasteiger partial charge in [0.05, 0.1) is 50.7 Å². The fourth-order valence-corrected chi connectivity index (χ4v) is 16.9. The van der Waals surface area contributed by atoms with E-state index in [4.69, 9.17) is 23.7 Å². The van der Waals surface area contributed by atoms with Gasteiger partial charge in [-0.25, -0.2) is 9.69 Å². The van der Waals surface area contributed by atoms with Gasteiger partial charge in [-0.15, -0.1) is 0 Å². The second kappa shape index (κ2) is 33.5. The van der Waals surface area contributed by atoms with Crippen LogP contribution in [0.3, 0.4) is 0 Å². The molecule has 0 bridgehead atoms. The molecule has 0 saturated heterocycles. The third kappa shape index (κ3) is 17.8. The van der Waals surface area contributed by atoms with Crippen LogP contribution in [-0.2, 0) is 98.1 Å². The van der Waals surface area contributed by atoms with Crippen LogP contribution in [0.15, 0.2) is 160 Å². The van der Waals surface area contributed by atoms with Crippen molar-refractivity contribution in [3.8, 4) is 28.7 Å². The predicted molar refractivity (Wildman–Crippen MR) is 400 cm³/mol. The number of unbranched alkanes of at least 4 members (excludes halogenated alkanes) is 3. The molecular weight excluding hydrogens is 1490 g/mol. The number of amides is 2. The fraction of sp³-hybridized carbons (Fsp3) is 0.372. The molecule has 4 heterocycles. The van der Waals surface area contributed by atoms with Crippen molar-refractivity contribution in [2.75, 3.05) is 63.4 Å². The summed E-state index contributed by atoms with van der Waals surface area (Å²) >= 11 is 0. The van der Waals surface area contributed by atoms with Crippen molar-refractivity contribution in [2.45, 2.75) is 137 Å². The number of allylic oxidation sites excluding steroid dienone is 4. The lowest BCUT2D eigenvalue weighted by Crippen LogP contribution is -2.42. The van der Waals surface area contributed by atoms with Crippen molar-refractivity contribution >= 4 is 84.1 Å². The van der Waals surface area contributed by atoms with E-state index in [0.29, 0.717) is 92.8 Å². The second-order valence-corrected chi connectivity index (χ2v) is 33.0. The second-order valence-electron chi connectivity index (χ2n) is 28.6. The number of fused-ring (bicyclic) bond motifs is 8. The quantitative estimate of drug-likeness (QED) is 0.00345. The minimum atomic E-state index is -4.62. The number of hydrogen-bond donors (Lipinski definition) is 8. The molecule has 8 N–H and O–H groups in total. The van der Waals surface area contributed by atoms with E-state index < -0.39 is 98.1 Å². The summed E-state index contributed by atoms with van der Waals surface area (Å²) in [6.45, 7) is 6.62. The SMILES string of the molecule is CC1(C)C(/C=C/C2=C(Oc3ccc(S(=O)(=O)O)cc3)C(=C/CC3N(CCCCS(=O)(=O)O)c4ccccc4C3(C)C)/CCC2)=[N+](CCCCCC(=O)NCCNC(=O)CN(CC(=O)O)Cc2c(O)ccc3c2Oc2c(ccc(O)c2CN(COC=O)COC=O)C32OC(=O)c3ccccc32)c2ccc(S(=O)(=O)O)cc21. The number of carbonyl (C=O) groups is 6. The van der Waals surface area contributed by atoms with Gasteiger partial charge in [0.2, 0.25) is 17.5 Å². The third-order valence-corrected chi connectivity index (χ3v) is 23.1. The van der Waals surface area contributed by atoms with Crippen molar-refractivity contribution in [2.24, 2.45) is 0 Å². The average Bonchev–Trinajstić information content (AvgIpc) is 1.44. The summed E-state index contributed by atoms with van der Waals surface area (Å²) in [6.07, 6.45) is 10.9. The fourth-order valence-electron chi connectivity index (χ4n) is 15.3. The Balaban J connectivity index is 0.769. The van der Waals surface area contributed by atoms with E-state index in [1.54, 1.807) is 30.3 Å². The van der Waals surface area contributed by atoms with Gasteiger partial charge >= 0.3 is 11.9 Å². The standard InChI is InChI=1S/C78H86N6O23S3/c1-76(2)59-19-9-10-20-63(59)83(39-12-13-40-108(94,95)96)67(76)34-22-50-15-14-16-51(72(50)105-52-24-26-53(27-25-52)109(97,98)99)23-35-68-77(3,4)62-41-54(110(100,101)102)28-31-64(62)84(68)38-11-5-6-21-69(89)79-36-37-80-70(90)44-81(45-71(91)92)42-56-65(87)32-29-60-73(56)106-74-57(43-82(46-103-48-85)47-104-49-86)66(88)33-30-61(74)78(60)58-18-8-7-17-55(58)75(93)107-78/h7-10,17-20,22-33,35,41,48-49,67H,5-6,11-16,21,34,36-40,42-47H2,1-4H3,(H7-,79,80,87,88,89,90,91,92,94,95,96,97,98,99,100,101,102)/p+1/b35-23+,50-22+. The number of carbonyl (C=O) groups excluding carboxylic acids is 5. The maximum absolute atomic E-state index is 13.8. The van der Waals surface area contributed by atoms with E-state index in [2.05, 4.69) is 46.1 Å². The number of para-hydroxylation sites is 1. The molecule has 4 aliphatic heterocycles. The Morgan fingerprint density at radius 3 is 1.93 bits per heavy atom. The number of nitrogens with zero attached hydrogens (tertiary/aromatic N) is 4. The number of phenolic OH excluding ortho intramolecular Hbond substituents is 2. The Labute approximate surface area is 636 Å². The maximum atomic E-state index is 13.8. The largest absolute Gasteiger partial charge is 0.507 e. The summed E-state index contributed by atoms with van der Waals surface area (Å²) in [6, 6.07) is 30.0. The van der Waals surface area contributed by atoms with E-state index in [9.17, 15) is 83.0 Å². The van der Waals surface area contributed by atoms with Crippen LogP contribution in [0.2, 0.25) is 0 Å². The molecule has 0 fully saturated rings. The highest BCUT2D eigenvalue weighted by Crippen LogP contribution is 2.60. The zero-order valence-electron chi connectivity index (χ0n) is 60.9. The van der Waals surface area contributed by atoms with Crippen LogP contribution >= 0.6 is 0 Å². The van der Waals surface area contributed by atoms with Gasteiger partial charge < -0.3 is 54.5 Å². The molecule has 1 spiro atoms. The monoisotopic (exact) mass is 1570 g/mol. The van der Waals surface area contributed by atoms with Crippen molar-refractivity contribution < 1.29 is 111 Å². The van der Waals surface area contributed by atoms with E-state index >= 15 is 0 Å². The summed E-state index contributed by atoms with van der Waals surface area (Å²) in [5, 5.41) is 38.7. The number of aliphatic carboxylic acids is 1. The highest BCUT2D eigenvalue weighted by atomic mass is 32.2. The van der Waals surface area contributed by atoms with Gasteiger partial charge in [0.1, 0.15) is 54.5 Å². The van der Waals surface area contributed by atoms with Gasteiger partial charge in [0.25, 0.3) is 43.3 Å². The first-order valence-corrected chi connectivity index (χ1v) is 40.2. The number of ether oxygens (including phenoxy) is 5. The molecule has 29 nitrogen and oxygen atoms in total. The smallest absolute Gasteiger partial charge is 0.340 e. The molecule has 6 aromatic rings. The lowest BCUT2D eigenvalue weighted by atomic mass is 9.76. The van der Waals surface area contributed by atoms with Crippen LogP contribution in [0, 0.1) is 0 Å². The molecule has 0 aromatic heterocycles. The van der Waals surface area contributed by atoms with Crippen molar-refractivity contribution in [3.63, 3.8) is 0 Å². The lowest BCUT2D eigenvalue weighted by molar-refractivity contribution is -0.438. The zero-order chi connectivity index (χ0) is 79.1. The van der Waals surface area contributed by atoms with Crippen molar-refractivity contribution in [1.82, 2.24) is 20.4 Å². The molecular formula is C78H87N6O23S3+. The first-order valence-electron chi connectivity index (χ1n) is 35.7. The topological polar surface area (TPSA) is 409 Å². The molecule has 2 amide bonds. The van der Waals surface area contributed by atoms with Crippen molar-refractivity contribution in [3.05, 3.63) is 195 Å². The highest BCUT2D eigenvalue weighted by molar-refractivity contribution is 7.86. The zero-order valence-corrected chi connectivity index (χ0v) is 63.4.